The van der Waals surface area contributed by atoms with Crippen LogP contribution in [0.1, 0.15) is 36.6 Å². The van der Waals surface area contributed by atoms with Crippen molar-refractivity contribution in [1.82, 2.24) is 30.0 Å². The number of carbonyl (C=O) groups excluding carboxylic acids is 1. The van der Waals surface area contributed by atoms with Crippen molar-refractivity contribution in [1.29, 1.82) is 0 Å². The Morgan fingerprint density at radius 3 is 2.96 bits per heavy atom. The van der Waals surface area contributed by atoms with Gasteiger partial charge < -0.3 is 9.84 Å². The zero-order valence-electron chi connectivity index (χ0n) is 13.6. The van der Waals surface area contributed by atoms with Crippen molar-refractivity contribution in [2.24, 2.45) is 0 Å². The molecule has 0 aliphatic heterocycles. The summed E-state index contributed by atoms with van der Waals surface area (Å²) in [7, 11) is 0. The zero-order chi connectivity index (χ0) is 16.9. The van der Waals surface area contributed by atoms with Crippen LogP contribution in [0.5, 0.6) is 0 Å². The highest BCUT2D eigenvalue weighted by atomic mass is 16.5. The van der Waals surface area contributed by atoms with E-state index in [1.807, 2.05) is 19.9 Å². The first-order valence-electron chi connectivity index (χ1n) is 7.82. The third-order valence-corrected chi connectivity index (χ3v) is 3.39. The van der Waals surface area contributed by atoms with Gasteiger partial charge in [0.1, 0.15) is 17.8 Å². The summed E-state index contributed by atoms with van der Waals surface area (Å²) in [5.74, 6) is 1.51. The smallest absolute Gasteiger partial charge is 0.271 e. The van der Waals surface area contributed by atoms with E-state index in [0.29, 0.717) is 36.2 Å². The van der Waals surface area contributed by atoms with Crippen molar-refractivity contribution in [2.45, 2.75) is 26.7 Å². The van der Waals surface area contributed by atoms with Gasteiger partial charge in [-0.3, -0.25) is 9.36 Å². The summed E-state index contributed by atoms with van der Waals surface area (Å²) in [4.78, 5) is 24.7. The molecule has 0 spiro atoms. The summed E-state index contributed by atoms with van der Waals surface area (Å²) in [6.07, 6.45) is 6.43. The van der Waals surface area contributed by atoms with Gasteiger partial charge in [0.25, 0.3) is 11.8 Å². The third kappa shape index (κ3) is 3.32. The largest absolute Gasteiger partial charge is 0.351 e. The minimum absolute atomic E-state index is 0.198. The predicted molar refractivity (Wildman–Crippen MR) is 86.7 cm³/mol. The molecule has 0 bridgehead atoms. The summed E-state index contributed by atoms with van der Waals surface area (Å²) in [6.45, 7) is 4.58. The van der Waals surface area contributed by atoms with Crippen LogP contribution < -0.4 is 5.32 Å². The molecule has 0 aliphatic rings. The van der Waals surface area contributed by atoms with E-state index in [1.54, 1.807) is 29.4 Å². The highest BCUT2D eigenvalue weighted by molar-refractivity contribution is 5.92. The van der Waals surface area contributed by atoms with Gasteiger partial charge in [0.2, 0.25) is 0 Å². The Balaban J connectivity index is 1.84. The Bertz CT molecular complexity index is 838. The summed E-state index contributed by atoms with van der Waals surface area (Å²) in [5.41, 5.74) is 1.11. The van der Waals surface area contributed by atoms with E-state index in [4.69, 9.17) is 4.52 Å². The lowest BCUT2D eigenvalue weighted by molar-refractivity contribution is 0.0949. The van der Waals surface area contributed by atoms with Crippen LogP contribution in [0.25, 0.3) is 17.3 Å². The first kappa shape index (κ1) is 15.9. The zero-order valence-corrected chi connectivity index (χ0v) is 13.6. The quantitative estimate of drug-likeness (QED) is 0.744. The molecule has 8 nitrogen and oxygen atoms in total. The third-order valence-electron chi connectivity index (χ3n) is 3.39. The first-order chi connectivity index (χ1) is 11.7. The first-order valence-corrected chi connectivity index (χ1v) is 7.82. The van der Waals surface area contributed by atoms with Crippen molar-refractivity contribution in [3.05, 3.63) is 42.4 Å². The molecule has 0 aliphatic carbocycles. The average Bonchev–Trinajstić information content (AvgIpc) is 3.29. The van der Waals surface area contributed by atoms with Crippen LogP contribution in [0.4, 0.5) is 0 Å². The maximum atomic E-state index is 11.9. The van der Waals surface area contributed by atoms with E-state index in [2.05, 4.69) is 25.4 Å². The molecule has 1 amide bonds. The molecule has 0 unspecified atom stereocenters. The molecular formula is C16H18N6O2. The number of aryl methyl sites for hydroxylation is 1. The molecule has 0 radical (unpaired) electrons. The highest BCUT2D eigenvalue weighted by Crippen LogP contribution is 2.19. The summed E-state index contributed by atoms with van der Waals surface area (Å²) in [6, 6.07) is 3.60. The van der Waals surface area contributed by atoms with Gasteiger partial charge in [-0.1, -0.05) is 19.0 Å². The SMILES string of the molecule is CCCNC(=O)c1cn(-c2cc(-c3nc(CC)no3)ccn2)cn1. The van der Waals surface area contributed by atoms with E-state index < -0.39 is 0 Å². The van der Waals surface area contributed by atoms with Gasteiger partial charge in [0, 0.05) is 30.9 Å². The number of rotatable bonds is 6. The Hall–Kier alpha value is -3.03. The van der Waals surface area contributed by atoms with Gasteiger partial charge in [0.15, 0.2) is 5.82 Å². The number of hydrogen-bond donors (Lipinski definition) is 1. The number of nitrogens with one attached hydrogen (secondary N) is 1. The molecule has 3 aromatic heterocycles. The monoisotopic (exact) mass is 326 g/mol. The molecule has 0 atom stereocenters. The minimum Gasteiger partial charge on any atom is -0.351 e. The molecule has 1 N–H and O–H groups in total. The van der Waals surface area contributed by atoms with Gasteiger partial charge in [-0.2, -0.15) is 4.98 Å². The summed E-state index contributed by atoms with van der Waals surface area (Å²) < 4.78 is 6.92. The van der Waals surface area contributed by atoms with Gasteiger partial charge in [-0.05, 0) is 18.6 Å². The van der Waals surface area contributed by atoms with E-state index in [9.17, 15) is 4.79 Å². The van der Waals surface area contributed by atoms with E-state index in [0.717, 1.165) is 12.0 Å². The molecule has 24 heavy (non-hydrogen) atoms. The molecule has 3 rings (SSSR count). The maximum absolute atomic E-state index is 11.9. The molecule has 3 heterocycles. The molecule has 0 saturated carbocycles. The Morgan fingerprint density at radius 2 is 2.21 bits per heavy atom. The Morgan fingerprint density at radius 1 is 1.33 bits per heavy atom. The fraction of sp³-hybridized carbons (Fsp3) is 0.312. The fourth-order valence-electron chi connectivity index (χ4n) is 2.10. The molecule has 124 valence electrons. The molecule has 3 aromatic rings. The topological polar surface area (TPSA) is 98.7 Å². The van der Waals surface area contributed by atoms with Gasteiger partial charge in [0.05, 0.1) is 0 Å². The van der Waals surface area contributed by atoms with E-state index in [1.165, 1.54) is 0 Å². The van der Waals surface area contributed by atoms with Crippen molar-refractivity contribution in [3.8, 4) is 17.3 Å². The van der Waals surface area contributed by atoms with Crippen LogP contribution in [0.2, 0.25) is 0 Å². The molecular weight excluding hydrogens is 308 g/mol. The number of imidazole rings is 1. The Kier molecular flexibility index (Phi) is 4.64. The minimum atomic E-state index is -0.198. The van der Waals surface area contributed by atoms with E-state index >= 15 is 0 Å². The maximum Gasteiger partial charge on any atom is 0.271 e. The number of aromatic nitrogens is 5. The van der Waals surface area contributed by atoms with Crippen LogP contribution in [0.15, 0.2) is 35.4 Å². The molecule has 8 heteroatoms. The molecule has 0 saturated heterocycles. The normalized spacial score (nSPS) is 10.8. The average molecular weight is 326 g/mol. The second kappa shape index (κ2) is 7.03. The van der Waals surface area contributed by atoms with Crippen LogP contribution in [-0.4, -0.2) is 37.1 Å². The summed E-state index contributed by atoms with van der Waals surface area (Å²) >= 11 is 0. The van der Waals surface area contributed by atoms with Crippen LogP contribution >= 0.6 is 0 Å². The van der Waals surface area contributed by atoms with Gasteiger partial charge >= 0.3 is 0 Å². The lowest BCUT2D eigenvalue weighted by atomic mass is 10.2. The van der Waals surface area contributed by atoms with Crippen LogP contribution in [-0.2, 0) is 6.42 Å². The fourth-order valence-corrected chi connectivity index (χ4v) is 2.10. The predicted octanol–water partition coefficient (Wildman–Crippen LogP) is 2.02. The lowest BCUT2D eigenvalue weighted by Gasteiger charge is -2.02. The van der Waals surface area contributed by atoms with Crippen LogP contribution in [0.3, 0.4) is 0 Å². The van der Waals surface area contributed by atoms with Crippen molar-refractivity contribution in [2.75, 3.05) is 6.54 Å². The lowest BCUT2D eigenvalue weighted by Crippen LogP contribution is -2.24. The second-order valence-corrected chi connectivity index (χ2v) is 5.19. The molecule has 0 fully saturated rings. The van der Waals surface area contributed by atoms with Crippen molar-refractivity contribution < 1.29 is 9.32 Å². The number of pyridine rings is 1. The van der Waals surface area contributed by atoms with Crippen molar-refractivity contribution in [3.63, 3.8) is 0 Å². The number of amides is 1. The summed E-state index contributed by atoms with van der Waals surface area (Å²) in [5, 5.41) is 6.68. The van der Waals surface area contributed by atoms with Gasteiger partial charge in [-0.25, -0.2) is 9.97 Å². The van der Waals surface area contributed by atoms with E-state index in [-0.39, 0.29) is 5.91 Å². The number of hydrogen-bond acceptors (Lipinski definition) is 6. The standard InChI is InChI=1S/C16H18N6O2/c1-3-6-18-15(23)12-9-22(10-19-12)14-8-11(5-7-17-14)16-20-13(4-2)21-24-16/h5,7-10H,3-4,6H2,1-2H3,(H,18,23). The number of nitrogens with zero attached hydrogens (tertiary/aromatic N) is 5. The Labute approximate surface area is 138 Å². The van der Waals surface area contributed by atoms with Crippen LogP contribution in [0, 0.1) is 0 Å². The second-order valence-electron chi connectivity index (χ2n) is 5.19. The molecule has 0 aromatic carbocycles. The number of carbonyl (C=O) groups is 1. The van der Waals surface area contributed by atoms with Gasteiger partial charge in [-0.15, -0.1) is 0 Å². The highest BCUT2D eigenvalue weighted by Gasteiger charge is 2.12. The van der Waals surface area contributed by atoms with Crippen molar-refractivity contribution >= 4 is 5.91 Å².